The number of aryl methyl sites for hydroxylation is 2. The van der Waals surface area contributed by atoms with E-state index >= 15 is 0 Å². The summed E-state index contributed by atoms with van der Waals surface area (Å²) in [7, 11) is -2.69. The van der Waals surface area contributed by atoms with Gasteiger partial charge in [-0.05, 0) is 79.5 Å². The zero-order valence-electron chi connectivity index (χ0n) is 22.8. The van der Waals surface area contributed by atoms with Crippen molar-refractivity contribution in [1.29, 1.82) is 0 Å². The van der Waals surface area contributed by atoms with E-state index in [0.29, 0.717) is 22.5 Å². The third-order valence-electron chi connectivity index (χ3n) is 6.27. The van der Waals surface area contributed by atoms with Crippen LogP contribution in [0, 0.1) is 13.8 Å². The van der Waals surface area contributed by atoms with Crippen molar-refractivity contribution in [3.8, 4) is 5.75 Å². The number of carbonyl (C=O) groups excluding carboxylic acids is 2. The van der Waals surface area contributed by atoms with Gasteiger partial charge in [-0.2, -0.15) is 0 Å². The highest BCUT2D eigenvalue weighted by molar-refractivity contribution is 9.10. The number of nitrogens with one attached hydrogen (secondary N) is 1. The molecule has 3 aromatic carbocycles. The van der Waals surface area contributed by atoms with Gasteiger partial charge in [-0.3, -0.25) is 13.9 Å². The number of rotatable bonds is 11. The van der Waals surface area contributed by atoms with E-state index in [1.807, 2.05) is 38.1 Å². The Morgan fingerprint density at radius 1 is 1.00 bits per heavy atom. The van der Waals surface area contributed by atoms with Crippen molar-refractivity contribution in [3.63, 3.8) is 0 Å². The first-order valence-electron chi connectivity index (χ1n) is 12.5. The molecule has 39 heavy (non-hydrogen) atoms. The van der Waals surface area contributed by atoms with Crippen LogP contribution in [-0.2, 0) is 26.2 Å². The fourth-order valence-electron chi connectivity index (χ4n) is 4.09. The van der Waals surface area contributed by atoms with Crippen molar-refractivity contribution in [2.45, 2.75) is 45.2 Å². The number of carbonyl (C=O) groups is 2. The molecule has 0 fully saturated rings. The molecule has 1 N–H and O–H groups in total. The molecule has 1 unspecified atom stereocenters. The molecular formula is C29H34BrN3O5S. The first-order chi connectivity index (χ1) is 18.5. The topological polar surface area (TPSA) is 96.0 Å². The summed E-state index contributed by atoms with van der Waals surface area (Å²) in [5.41, 5.74) is 3.13. The summed E-state index contributed by atoms with van der Waals surface area (Å²) >= 11 is 3.35. The van der Waals surface area contributed by atoms with Crippen LogP contribution in [0.3, 0.4) is 0 Å². The molecule has 0 aliphatic rings. The van der Waals surface area contributed by atoms with Crippen LogP contribution in [0.1, 0.15) is 30.5 Å². The summed E-state index contributed by atoms with van der Waals surface area (Å²) < 4.78 is 34.7. The number of hydrogen-bond acceptors (Lipinski definition) is 5. The van der Waals surface area contributed by atoms with Gasteiger partial charge in [0.1, 0.15) is 18.3 Å². The Kier molecular flexibility index (Phi) is 10.2. The number of anilines is 1. The Labute approximate surface area is 239 Å². The molecule has 0 saturated carbocycles. The molecule has 0 spiro atoms. The van der Waals surface area contributed by atoms with E-state index in [-0.39, 0.29) is 17.3 Å². The standard InChI is InChI=1S/C29H34BrN3O5S/c1-6-31-29(35)22(4)32(18-23-9-7-8-21(3)16-23)28(34)19-33(24-12-10-20(2)11-13-24)39(36,37)25-14-15-27(38-5)26(30)17-25/h7-17,22H,6,18-19H2,1-5H3,(H,31,35). The lowest BCUT2D eigenvalue weighted by atomic mass is 10.1. The summed E-state index contributed by atoms with van der Waals surface area (Å²) in [5, 5.41) is 2.76. The second kappa shape index (κ2) is 13.1. The Bertz CT molecular complexity index is 1430. The number of nitrogens with zero attached hydrogens (tertiary/aromatic N) is 2. The first-order valence-corrected chi connectivity index (χ1v) is 14.8. The molecule has 0 bridgehead atoms. The maximum atomic E-state index is 14.0. The lowest BCUT2D eigenvalue weighted by Gasteiger charge is -2.32. The number of benzene rings is 3. The van der Waals surface area contributed by atoms with Gasteiger partial charge in [0.15, 0.2) is 0 Å². The van der Waals surface area contributed by atoms with E-state index < -0.39 is 28.5 Å². The summed E-state index contributed by atoms with van der Waals surface area (Å²) in [6, 6.07) is 18.2. The molecule has 0 aromatic heterocycles. The SMILES string of the molecule is CCNC(=O)C(C)N(Cc1cccc(C)c1)C(=O)CN(c1ccc(C)cc1)S(=O)(=O)c1ccc(OC)c(Br)c1. The molecule has 3 aromatic rings. The fraction of sp³-hybridized carbons (Fsp3) is 0.310. The molecule has 3 rings (SSSR count). The predicted molar refractivity (Wildman–Crippen MR) is 156 cm³/mol. The average Bonchev–Trinajstić information content (AvgIpc) is 2.90. The Morgan fingerprint density at radius 3 is 2.28 bits per heavy atom. The third kappa shape index (κ3) is 7.39. The minimum absolute atomic E-state index is 0.00874. The van der Waals surface area contributed by atoms with Crippen LogP contribution in [0.15, 0.2) is 76.1 Å². The number of methoxy groups -OCH3 is 1. The molecule has 0 radical (unpaired) electrons. The molecule has 8 nitrogen and oxygen atoms in total. The second-order valence-electron chi connectivity index (χ2n) is 9.22. The van der Waals surface area contributed by atoms with Gasteiger partial charge in [0.2, 0.25) is 11.8 Å². The van der Waals surface area contributed by atoms with Crippen molar-refractivity contribution >= 4 is 43.5 Å². The smallest absolute Gasteiger partial charge is 0.264 e. The predicted octanol–water partition coefficient (Wildman–Crippen LogP) is 4.82. The van der Waals surface area contributed by atoms with Crippen molar-refractivity contribution in [1.82, 2.24) is 10.2 Å². The minimum Gasteiger partial charge on any atom is -0.496 e. The van der Waals surface area contributed by atoms with Crippen LogP contribution >= 0.6 is 15.9 Å². The van der Waals surface area contributed by atoms with Crippen molar-refractivity contribution in [2.75, 3.05) is 24.5 Å². The lowest BCUT2D eigenvalue weighted by Crippen LogP contribution is -2.51. The summed E-state index contributed by atoms with van der Waals surface area (Å²) in [6.45, 7) is 7.35. The third-order valence-corrected chi connectivity index (χ3v) is 8.66. The monoisotopic (exact) mass is 615 g/mol. The van der Waals surface area contributed by atoms with Gasteiger partial charge >= 0.3 is 0 Å². The Balaban J connectivity index is 2.05. The highest BCUT2D eigenvalue weighted by atomic mass is 79.9. The molecule has 0 saturated heterocycles. The van der Waals surface area contributed by atoms with Gasteiger partial charge in [0.25, 0.3) is 10.0 Å². The van der Waals surface area contributed by atoms with Crippen LogP contribution < -0.4 is 14.4 Å². The number of sulfonamides is 1. The minimum atomic E-state index is -4.18. The van der Waals surface area contributed by atoms with Crippen LogP contribution in [0.2, 0.25) is 0 Å². The van der Waals surface area contributed by atoms with Crippen LogP contribution in [-0.4, -0.2) is 51.4 Å². The van der Waals surface area contributed by atoms with Gasteiger partial charge in [-0.25, -0.2) is 8.42 Å². The number of hydrogen-bond donors (Lipinski definition) is 1. The van der Waals surface area contributed by atoms with Gasteiger partial charge in [-0.1, -0.05) is 47.5 Å². The first kappa shape index (κ1) is 30.2. The van der Waals surface area contributed by atoms with E-state index in [9.17, 15) is 18.0 Å². The van der Waals surface area contributed by atoms with Crippen molar-refractivity contribution in [3.05, 3.63) is 87.9 Å². The highest BCUT2D eigenvalue weighted by Gasteiger charge is 2.32. The number of ether oxygens (including phenoxy) is 1. The molecule has 0 heterocycles. The van der Waals surface area contributed by atoms with Gasteiger partial charge in [-0.15, -0.1) is 0 Å². The summed E-state index contributed by atoms with van der Waals surface area (Å²) in [5.74, 6) is -0.346. The maximum Gasteiger partial charge on any atom is 0.264 e. The molecular weight excluding hydrogens is 582 g/mol. The van der Waals surface area contributed by atoms with E-state index in [1.165, 1.54) is 24.1 Å². The highest BCUT2D eigenvalue weighted by Crippen LogP contribution is 2.31. The normalized spacial score (nSPS) is 11.9. The van der Waals surface area contributed by atoms with Crippen molar-refractivity contribution < 1.29 is 22.7 Å². The van der Waals surface area contributed by atoms with E-state index in [1.54, 1.807) is 44.2 Å². The summed E-state index contributed by atoms with van der Waals surface area (Å²) in [6.07, 6.45) is 0. The number of likely N-dealkylation sites (N-methyl/N-ethyl adjacent to an activating group) is 1. The van der Waals surface area contributed by atoms with E-state index in [2.05, 4.69) is 21.2 Å². The average molecular weight is 617 g/mol. The Morgan fingerprint density at radius 2 is 1.69 bits per heavy atom. The van der Waals surface area contributed by atoms with Gasteiger partial charge in [0.05, 0.1) is 22.2 Å². The quantitative estimate of drug-likeness (QED) is 0.333. The van der Waals surface area contributed by atoms with Crippen LogP contribution in [0.5, 0.6) is 5.75 Å². The zero-order chi connectivity index (χ0) is 28.7. The van der Waals surface area contributed by atoms with Gasteiger partial charge in [0, 0.05) is 13.1 Å². The van der Waals surface area contributed by atoms with Crippen molar-refractivity contribution in [2.24, 2.45) is 0 Å². The molecule has 0 aliphatic carbocycles. The molecule has 0 aliphatic heterocycles. The molecule has 1 atom stereocenters. The van der Waals surface area contributed by atoms with Crippen LogP contribution in [0.25, 0.3) is 0 Å². The summed E-state index contributed by atoms with van der Waals surface area (Å²) in [4.78, 5) is 28.1. The lowest BCUT2D eigenvalue weighted by molar-refractivity contribution is -0.139. The van der Waals surface area contributed by atoms with Crippen LogP contribution in [0.4, 0.5) is 5.69 Å². The van der Waals surface area contributed by atoms with Gasteiger partial charge < -0.3 is 15.0 Å². The van der Waals surface area contributed by atoms with E-state index in [4.69, 9.17) is 4.74 Å². The molecule has 2 amide bonds. The fourth-order valence-corrected chi connectivity index (χ4v) is 6.22. The maximum absolute atomic E-state index is 14.0. The molecule has 208 valence electrons. The Hall–Kier alpha value is -3.37. The second-order valence-corrected chi connectivity index (χ2v) is 11.9. The number of halogens is 1. The van der Waals surface area contributed by atoms with E-state index in [0.717, 1.165) is 21.0 Å². The number of amides is 2. The molecule has 10 heteroatoms. The zero-order valence-corrected chi connectivity index (χ0v) is 25.2. The largest absolute Gasteiger partial charge is 0.496 e.